The van der Waals surface area contributed by atoms with Gasteiger partial charge < -0.3 is 24.6 Å². The standard InChI is InChI=1S/C27H37F3N6O4/c1-15(2)20-13-31-36-22(12-21(27(28,29)30)33-23(20)36)32-16-10-17-6-7-18(11-16)35(17)25(38)39-19-8-9-34(14-19)24(37)40-26(3,4)5/h12-13,15-19,32H,6-11,14H2,1-5H3. The number of hydrogen-bond donors (Lipinski definition) is 1. The fraction of sp³-hybridized carbons (Fsp3) is 0.704. The van der Waals surface area contributed by atoms with Gasteiger partial charge in [0.1, 0.15) is 17.5 Å². The van der Waals surface area contributed by atoms with Crippen LogP contribution in [0.15, 0.2) is 12.3 Å². The number of aromatic nitrogens is 3. The molecule has 13 heteroatoms. The minimum absolute atomic E-state index is 0.0393. The third-order valence-electron chi connectivity index (χ3n) is 7.77. The van der Waals surface area contributed by atoms with E-state index in [1.807, 2.05) is 13.8 Å². The number of anilines is 1. The van der Waals surface area contributed by atoms with Crippen molar-refractivity contribution in [1.29, 1.82) is 0 Å². The summed E-state index contributed by atoms with van der Waals surface area (Å²) in [5.74, 6) is 0.195. The number of carbonyl (C=O) groups excluding carboxylic acids is 2. The predicted molar refractivity (Wildman–Crippen MR) is 140 cm³/mol. The quantitative estimate of drug-likeness (QED) is 0.527. The van der Waals surface area contributed by atoms with Gasteiger partial charge in [-0.15, -0.1) is 0 Å². The van der Waals surface area contributed by atoms with Crippen molar-refractivity contribution in [3.63, 3.8) is 0 Å². The Labute approximate surface area is 231 Å². The first-order valence-corrected chi connectivity index (χ1v) is 13.9. The molecule has 40 heavy (non-hydrogen) atoms. The summed E-state index contributed by atoms with van der Waals surface area (Å²) in [6.07, 6.45) is -0.979. The minimum atomic E-state index is -4.60. The summed E-state index contributed by atoms with van der Waals surface area (Å²) in [6.45, 7) is 9.93. The molecule has 3 aliphatic heterocycles. The van der Waals surface area contributed by atoms with Crippen LogP contribution in [-0.2, 0) is 15.7 Å². The topological polar surface area (TPSA) is 101 Å². The lowest BCUT2D eigenvalue weighted by molar-refractivity contribution is -0.141. The van der Waals surface area contributed by atoms with E-state index >= 15 is 0 Å². The highest BCUT2D eigenvalue weighted by Crippen LogP contribution is 2.39. The van der Waals surface area contributed by atoms with Gasteiger partial charge in [0, 0.05) is 42.7 Å². The van der Waals surface area contributed by atoms with E-state index in [0.717, 1.165) is 18.9 Å². The third kappa shape index (κ3) is 5.78. The molecular weight excluding hydrogens is 529 g/mol. The second-order valence-corrected chi connectivity index (χ2v) is 12.3. The second-order valence-electron chi connectivity index (χ2n) is 12.3. The van der Waals surface area contributed by atoms with Crippen molar-refractivity contribution in [2.45, 2.75) is 109 Å². The van der Waals surface area contributed by atoms with Gasteiger partial charge in [-0.2, -0.15) is 22.8 Å². The molecule has 0 aromatic carbocycles. The number of alkyl halides is 3. The zero-order chi connectivity index (χ0) is 29.0. The summed E-state index contributed by atoms with van der Waals surface area (Å²) in [7, 11) is 0. The van der Waals surface area contributed by atoms with E-state index in [-0.39, 0.29) is 42.1 Å². The van der Waals surface area contributed by atoms with E-state index < -0.39 is 35.8 Å². The molecule has 0 radical (unpaired) electrons. The van der Waals surface area contributed by atoms with Gasteiger partial charge in [-0.1, -0.05) is 13.8 Å². The lowest BCUT2D eigenvalue weighted by Crippen LogP contribution is -2.50. The Morgan fingerprint density at radius 1 is 1.07 bits per heavy atom. The number of carbonyl (C=O) groups is 2. The van der Waals surface area contributed by atoms with Crippen molar-refractivity contribution in [3.8, 4) is 0 Å². The first kappa shape index (κ1) is 28.3. The Kier molecular flexibility index (Phi) is 7.28. The fourth-order valence-corrected chi connectivity index (χ4v) is 5.96. The third-order valence-corrected chi connectivity index (χ3v) is 7.77. The van der Waals surface area contributed by atoms with Crippen LogP contribution in [0, 0.1) is 0 Å². The molecule has 3 saturated heterocycles. The van der Waals surface area contributed by atoms with Crippen molar-refractivity contribution < 1.29 is 32.2 Å². The van der Waals surface area contributed by atoms with Crippen LogP contribution in [0.5, 0.6) is 0 Å². The van der Waals surface area contributed by atoms with Crippen LogP contribution < -0.4 is 5.32 Å². The van der Waals surface area contributed by atoms with Gasteiger partial charge in [0.05, 0.1) is 12.7 Å². The van der Waals surface area contributed by atoms with E-state index in [0.29, 0.717) is 31.4 Å². The maximum Gasteiger partial charge on any atom is 0.433 e. The number of amides is 2. The summed E-state index contributed by atoms with van der Waals surface area (Å²) in [4.78, 5) is 32.8. The number of ether oxygens (including phenoxy) is 2. The zero-order valence-electron chi connectivity index (χ0n) is 23.5. The molecule has 2 aromatic rings. The highest BCUT2D eigenvalue weighted by atomic mass is 19.4. The molecule has 2 amide bonds. The molecule has 5 rings (SSSR count). The van der Waals surface area contributed by atoms with E-state index in [9.17, 15) is 22.8 Å². The van der Waals surface area contributed by atoms with Crippen molar-refractivity contribution in [3.05, 3.63) is 23.5 Å². The number of likely N-dealkylation sites (tertiary alicyclic amines) is 1. The lowest BCUT2D eigenvalue weighted by Gasteiger charge is -2.39. The Morgan fingerprint density at radius 3 is 2.35 bits per heavy atom. The molecule has 1 N–H and O–H groups in total. The first-order valence-electron chi connectivity index (χ1n) is 13.9. The molecule has 3 atom stereocenters. The normalized spacial score (nSPS) is 25.1. The van der Waals surface area contributed by atoms with E-state index in [2.05, 4.69) is 15.4 Å². The van der Waals surface area contributed by atoms with Crippen LogP contribution in [0.3, 0.4) is 0 Å². The highest BCUT2D eigenvalue weighted by molar-refractivity contribution is 5.71. The SMILES string of the molecule is CC(C)c1cnn2c(NC3CC4CCC(C3)N4C(=O)OC3CCN(C(=O)OC(C)(C)C)C3)cc(C(F)(F)F)nc12. The van der Waals surface area contributed by atoms with Crippen molar-refractivity contribution in [1.82, 2.24) is 24.4 Å². The van der Waals surface area contributed by atoms with Crippen LogP contribution >= 0.6 is 0 Å². The Balaban J connectivity index is 1.24. The van der Waals surface area contributed by atoms with Gasteiger partial charge >= 0.3 is 18.4 Å². The number of rotatable bonds is 4. The summed E-state index contributed by atoms with van der Waals surface area (Å²) >= 11 is 0. The van der Waals surface area contributed by atoms with Gasteiger partial charge in [0.25, 0.3) is 0 Å². The van der Waals surface area contributed by atoms with Crippen LogP contribution in [0.1, 0.15) is 83.9 Å². The van der Waals surface area contributed by atoms with Gasteiger partial charge in [-0.05, 0) is 52.4 Å². The average molecular weight is 567 g/mol. The highest BCUT2D eigenvalue weighted by Gasteiger charge is 2.45. The maximum absolute atomic E-state index is 13.7. The number of piperidine rings is 1. The molecule has 10 nitrogen and oxygen atoms in total. The maximum atomic E-state index is 13.7. The Bertz CT molecular complexity index is 1260. The smallest absolute Gasteiger partial charge is 0.433 e. The molecule has 0 aliphatic carbocycles. The van der Waals surface area contributed by atoms with Crippen molar-refractivity contribution in [2.75, 3.05) is 18.4 Å². The molecule has 2 bridgehead atoms. The largest absolute Gasteiger partial charge is 0.444 e. The van der Waals surface area contributed by atoms with E-state index in [1.54, 1.807) is 36.8 Å². The van der Waals surface area contributed by atoms with Gasteiger partial charge in [-0.25, -0.2) is 14.6 Å². The molecule has 5 heterocycles. The van der Waals surface area contributed by atoms with Crippen LogP contribution in [0.4, 0.5) is 28.6 Å². The van der Waals surface area contributed by atoms with Gasteiger partial charge in [0.15, 0.2) is 11.3 Å². The second kappa shape index (κ2) is 10.3. The molecule has 3 aliphatic rings. The summed E-state index contributed by atoms with van der Waals surface area (Å²) in [5.41, 5.74) is -0.739. The average Bonchev–Trinajstić information content (AvgIpc) is 3.54. The lowest BCUT2D eigenvalue weighted by atomic mass is 9.97. The summed E-state index contributed by atoms with van der Waals surface area (Å²) < 4.78 is 53.7. The number of hydrogen-bond acceptors (Lipinski definition) is 7. The van der Waals surface area contributed by atoms with Crippen molar-refractivity contribution >= 4 is 23.7 Å². The predicted octanol–water partition coefficient (Wildman–Crippen LogP) is 5.42. The number of nitrogens with one attached hydrogen (secondary N) is 1. The van der Waals surface area contributed by atoms with E-state index in [4.69, 9.17) is 9.47 Å². The monoisotopic (exact) mass is 566 g/mol. The molecular formula is C27H37F3N6O4. The fourth-order valence-electron chi connectivity index (χ4n) is 5.96. The van der Waals surface area contributed by atoms with Gasteiger partial charge in [-0.3, -0.25) is 0 Å². The first-order chi connectivity index (χ1) is 18.7. The number of halogens is 3. The summed E-state index contributed by atoms with van der Waals surface area (Å²) in [5, 5.41) is 7.61. The Morgan fingerprint density at radius 2 is 1.75 bits per heavy atom. The molecule has 2 aromatic heterocycles. The van der Waals surface area contributed by atoms with Crippen molar-refractivity contribution in [2.24, 2.45) is 0 Å². The van der Waals surface area contributed by atoms with Crippen LogP contribution in [0.2, 0.25) is 0 Å². The van der Waals surface area contributed by atoms with E-state index in [1.165, 1.54) is 4.52 Å². The zero-order valence-corrected chi connectivity index (χ0v) is 23.5. The van der Waals surface area contributed by atoms with Gasteiger partial charge in [0.2, 0.25) is 0 Å². The molecule has 0 spiro atoms. The van der Waals surface area contributed by atoms with Crippen LogP contribution in [-0.4, -0.2) is 79.5 Å². The minimum Gasteiger partial charge on any atom is -0.444 e. The number of nitrogens with zero attached hydrogens (tertiary/aromatic N) is 5. The molecule has 220 valence electrons. The summed E-state index contributed by atoms with van der Waals surface area (Å²) in [6, 6.07) is 0.684. The molecule has 3 unspecified atom stereocenters. The molecule has 0 saturated carbocycles. The number of fused-ring (bicyclic) bond motifs is 3. The molecule has 3 fully saturated rings. The Hall–Kier alpha value is -3.25. The van der Waals surface area contributed by atoms with Crippen LogP contribution in [0.25, 0.3) is 5.65 Å².